The second kappa shape index (κ2) is 5.83. The number of carbonyl (C=O) groups excluding carboxylic acids is 1. The zero-order valence-corrected chi connectivity index (χ0v) is 9.00. The van der Waals surface area contributed by atoms with Gasteiger partial charge in [0, 0.05) is 17.3 Å². The van der Waals surface area contributed by atoms with E-state index in [-0.39, 0.29) is 12.2 Å². The Morgan fingerprint density at radius 1 is 1.80 bits per heavy atom. The average molecular weight is 222 g/mol. The summed E-state index contributed by atoms with van der Waals surface area (Å²) in [6, 6.07) is 3.63. The number of hydrogen-bond acceptors (Lipinski definition) is 5. The fourth-order valence-electron chi connectivity index (χ4n) is 0.848. The van der Waals surface area contributed by atoms with Crippen molar-refractivity contribution in [3.63, 3.8) is 0 Å². The van der Waals surface area contributed by atoms with Crippen molar-refractivity contribution in [2.75, 3.05) is 11.9 Å². The number of hydrogen-bond donors (Lipinski definition) is 1. The van der Waals surface area contributed by atoms with Crippen LogP contribution in [0.15, 0.2) is 28.6 Å². The Balaban J connectivity index is 2.63. The molecule has 1 rings (SSSR count). The molecular formula is C10H10N2O2S. The summed E-state index contributed by atoms with van der Waals surface area (Å²) in [6.45, 7) is 1.95. The molecule has 78 valence electrons. The first-order chi connectivity index (χ1) is 7.27. The summed E-state index contributed by atoms with van der Waals surface area (Å²) in [4.78, 5) is 11.2. The van der Waals surface area contributed by atoms with Gasteiger partial charge < -0.3 is 10.1 Å². The first-order valence-corrected chi connectivity index (χ1v) is 5.28. The minimum Gasteiger partial charge on any atom is -0.462 e. The van der Waals surface area contributed by atoms with E-state index in [0.29, 0.717) is 0 Å². The number of ether oxygens (including phenoxy) is 1. The van der Waals surface area contributed by atoms with Crippen molar-refractivity contribution in [1.29, 1.82) is 5.26 Å². The summed E-state index contributed by atoms with van der Waals surface area (Å²) in [5.74, 6) is -0.609. The highest BCUT2D eigenvalue weighted by molar-refractivity contribution is 7.08. The van der Waals surface area contributed by atoms with Crippen LogP contribution in [0, 0.1) is 11.3 Å². The Bertz CT molecular complexity index is 390. The van der Waals surface area contributed by atoms with Crippen molar-refractivity contribution in [1.82, 2.24) is 0 Å². The summed E-state index contributed by atoms with van der Waals surface area (Å²) in [6.07, 6.45) is 1.35. The summed E-state index contributed by atoms with van der Waals surface area (Å²) in [5, 5.41) is 15.3. The molecule has 0 aromatic carbocycles. The highest BCUT2D eigenvalue weighted by atomic mass is 32.1. The maximum Gasteiger partial charge on any atom is 0.350 e. The molecule has 5 heteroatoms. The van der Waals surface area contributed by atoms with Crippen molar-refractivity contribution in [3.8, 4) is 6.07 Å². The van der Waals surface area contributed by atoms with Gasteiger partial charge >= 0.3 is 5.97 Å². The van der Waals surface area contributed by atoms with Gasteiger partial charge in [0.15, 0.2) is 5.57 Å². The van der Waals surface area contributed by atoms with Crippen LogP contribution in [-0.4, -0.2) is 12.6 Å². The van der Waals surface area contributed by atoms with Gasteiger partial charge in [-0.05, 0) is 18.4 Å². The van der Waals surface area contributed by atoms with E-state index in [9.17, 15) is 4.79 Å². The minimum absolute atomic E-state index is 0.0388. The van der Waals surface area contributed by atoms with Gasteiger partial charge in [0.2, 0.25) is 0 Å². The van der Waals surface area contributed by atoms with Crippen LogP contribution in [-0.2, 0) is 9.53 Å². The molecule has 0 bridgehead atoms. The summed E-state index contributed by atoms with van der Waals surface area (Å²) >= 11 is 1.53. The third kappa shape index (κ3) is 3.44. The fourth-order valence-corrected chi connectivity index (χ4v) is 1.44. The quantitative estimate of drug-likeness (QED) is 0.481. The second-order valence-corrected chi connectivity index (χ2v) is 3.33. The molecule has 0 saturated heterocycles. The first-order valence-electron chi connectivity index (χ1n) is 4.34. The Hall–Kier alpha value is -1.80. The SMILES string of the molecule is CCOC(=O)/C(C#N)=C/Nc1ccsc1. The summed E-state index contributed by atoms with van der Waals surface area (Å²) in [7, 11) is 0. The zero-order chi connectivity index (χ0) is 11.1. The standard InChI is InChI=1S/C10H10N2O2S/c1-2-14-10(13)8(5-11)6-12-9-3-4-15-7-9/h3-4,6-7,12H,2H2,1H3/b8-6+. The van der Waals surface area contributed by atoms with E-state index in [2.05, 4.69) is 5.32 Å². The zero-order valence-electron chi connectivity index (χ0n) is 8.19. The molecule has 0 saturated carbocycles. The number of rotatable bonds is 4. The number of esters is 1. The first kappa shape index (κ1) is 11.3. The van der Waals surface area contributed by atoms with E-state index >= 15 is 0 Å². The maximum absolute atomic E-state index is 11.2. The van der Waals surface area contributed by atoms with Crippen molar-refractivity contribution < 1.29 is 9.53 Å². The molecule has 0 spiro atoms. The van der Waals surface area contributed by atoms with Gasteiger partial charge in [-0.25, -0.2) is 4.79 Å². The number of nitriles is 1. The molecule has 0 aliphatic carbocycles. The van der Waals surface area contributed by atoms with Crippen molar-refractivity contribution >= 4 is 23.0 Å². The van der Waals surface area contributed by atoms with E-state index in [1.165, 1.54) is 17.5 Å². The Morgan fingerprint density at radius 2 is 2.60 bits per heavy atom. The van der Waals surface area contributed by atoms with E-state index in [1.807, 2.05) is 16.8 Å². The van der Waals surface area contributed by atoms with Gasteiger partial charge in [-0.1, -0.05) is 0 Å². The Morgan fingerprint density at radius 3 is 3.13 bits per heavy atom. The van der Waals surface area contributed by atoms with Crippen molar-refractivity contribution in [2.45, 2.75) is 6.92 Å². The molecular weight excluding hydrogens is 212 g/mol. The highest BCUT2D eigenvalue weighted by Crippen LogP contribution is 2.12. The average Bonchev–Trinajstić information content (AvgIpc) is 2.72. The van der Waals surface area contributed by atoms with E-state index in [4.69, 9.17) is 10.00 Å². The molecule has 4 nitrogen and oxygen atoms in total. The molecule has 1 aromatic heterocycles. The van der Waals surface area contributed by atoms with Crippen molar-refractivity contribution in [3.05, 3.63) is 28.6 Å². The third-order valence-electron chi connectivity index (χ3n) is 1.52. The van der Waals surface area contributed by atoms with Gasteiger partial charge in [0.1, 0.15) is 6.07 Å². The molecule has 0 aliphatic heterocycles. The van der Waals surface area contributed by atoms with Gasteiger partial charge in [0.25, 0.3) is 0 Å². The van der Waals surface area contributed by atoms with Crippen LogP contribution in [0.25, 0.3) is 0 Å². The molecule has 1 aromatic rings. The topological polar surface area (TPSA) is 62.1 Å². The van der Waals surface area contributed by atoms with Crippen molar-refractivity contribution in [2.24, 2.45) is 0 Å². The largest absolute Gasteiger partial charge is 0.462 e. The van der Waals surface area contributed by atoms with Crippen LogP contribution >= 0.6 is 11.3 Å². The number of anilines is 1. The highest BCUT2D eigenvalue weighted by Gasteiger charge is 2.08. The number of thiophene rings is 1. The summed E-state index contributed by atoms with van der Waals surface area (Å²) < 4.78 is 4.70. The van der Waals surface area contributed by atoms with Gasteiger partial charge in [-0.3, -0.25) is 0 Å². The fraction of sp³-hybridized carbons (Fsp3) is 0.200. The van der Waals surface area contributed by atoms with E-state index < -0.39 is 5.97 Å². The lowest BCUT2D eigenvalue weighted by Gasteiger charge is -2.00. The molecule has 0 aliphatic rings. The minimum atomic E-state index is -0.609. The van der Waals surface area contributed by atoms with E-state index in [0.717, 1.165) is 5.69 Å². The van der Waals surface area contributed by atoms with Crippen LogP contribution < -0.4 is 5.32 Å². The van der Waals surface area contributed by atoms with Gasteiger partial charge in [-0.2, -0.15) is 16.6 Å². The van der Waals surface area contributed by atoms with Crippen LogP contribution in [0.4, 0.5) is 5.69 Å². The smallest absolute Gasteiger partial charge is 0.350 e. The number of nitrogens with one attached hydrogen (secondary N) is 1. The molecule has 0 fully saturated rings. The Labute approximate surface area is 91.8 Å². The number of carbonyl (C=O) groups is 1. The normalized spacial score (nSPS) is 10.5. The third-order valence-corrected chi connectivity index (χ3v) is 2.20. The van der Waals surface area contributed by atoms with Crippen LogP contribution in [0.5, 0.6) is 0 Å². The van der Waals surface area contributed by atoms with Gasteiger partial charge in [0.05, 0.1) is 6.61 Å². The predicted molar refractivity (Wildman–Crippen MR) is 58.3 cm³/mol. The number of nitrogens with zero attached hydrogens (tertiary/aromatic N) is 1. The molecule has 1 heterocycles. The predicted octanol–water partition coefficient (Wildman–Crippen LogP) is 2.13. The van der Waals surface area contributed by atoms with Crippen LogP contribution in [0.2, 0.25) is 0 Å². The maximum atomic E-state index is 11.2. The molecule has 0 amide bonds. The van der Waals surface area contributed by atoms with Crippen LogP contribution in [0.1, 0.15) is 6.92 Å². The lowest BCUT2D eigenvalue weighted by Crippen LogP contribution is -2.07. The monoisotopic (exact) mass is 222 g/mol. The molecule has 1 N–H and O–H groups in total. The summed E-state index contributed by atoms with van der Waals surface area (Å²) in [5.41, 5.74) is 0.806. The van der Waals surface area contributed by atoms with Crippen LogP contribution in [0.3, 0.4) is 0 Å². The second-order valence-electron chi connectivity index (χ2n) is 2.55. The lowest BCUT2D eigenvalue weighted by atomic mass is 10.3. The lowest BCUT2D eigenvalue weighted by molar-refractivity contribution is -0.138. The van der Waals surface area contributed by atoms with E-state index in [1.54, 1.807) is 13.0 Å². The molecule has 15 heavy (non-hydrogen) atoms. The van der Waals surface area contributed by atoms with Gasteiger partial charge in [-0.15, -0.1) is 0 Å². The Kier molecular flexibility index (Phi) is 4.38. The molecule has 0 atom stereocenters. The molecule has 0 radical (unpaired) electrons. The molecule has 0 unspecified atom stereocenters.